The number of nitrogens with zero attached hydrogens (tertiary/aromatic N) is 4. The first-order valence-corrected chi connectivity index (χ1v) is 11.6. The van der Waals surface area contributed by atoms with Crippen LogP contribution in [0.3, 0.4) is 0 Å². The molecular formula is C24H21ClN4OS. The lowest BCUT2D eigenvalue weighted by molar-refractivity contribution is 0.0729. The van der Waals surface area contributed by atoms with Gasteiger partial charge in [-0.3, -0.25) is 9.20 Å². The van der Waals surface area contributed by atoms with Gasteiger partial charge in [-0.1, -0.05) is 29.8 Å². The van der Waals surface area contributed by atoms with Crippen LogP contribution in [0.5, 0.6) is 0 Å². The highest BCUT2D eigenvalue weighted by Crippen LogP contribution is 2.32. The zero-order valence-electron chi connectivity index (χ0n) is 16.8. The second kappa shape index (κ2) is 8.73. The summed E-state index contributed by atoms with van der Waals surface area (Å²) < 4.78 is 1.98. The molecule has 0 saturated carbocycles. The van der Waals surface area contributed by atoms with E-state index in [-0.39, 0.29) is 11.9 Å². The van der Waals surface area contributed by atoms with E-state index in [1.807, 2.05) is 82.2 Å². The molecule has 156 valence electrons. The summed E-state index contributed by atoms with van der Waals surface area (Å²) in [6.07, 6.45) is 3.82. The Bertz CT molecular complexity index is 1210. The molecule has 1 atom stereocenters. The first-order valence-electron chi connectivity index (χ1n) is 10.3. The van der Waals surface area contributed by atoms with E-state index in [0.29, 0.717) is 5.56 Å². The normalized spacial score (nSPS) is 16.2. The molecule has 31 heavy (non-hydrogen) atoms. The van der Waals surface area contributed by atoms with Crippen molar-refractivity contribution in [1.29, 1.82) is 0 Å². The average Bonchev–Trinajstić information content (AvgIpc) is 3.45. The number of carbonyl (C=O) groups is 1. The van der Waals surface area contributed by atoms with E-state index in [4.69, 9.17) is 11.6 Å². The zero-order valence-corrected chi connectivity index (χ0v) is 18.4. The van der Waals surface area contributed by atoms with E-state index in [0.717, 1.165) is 41.6 Å². The van der Waals surface area contributed by atoms with Crippen molar-refractivity contribution in [3.05, 3.63) is 94.9 Å². The summed E-state index contributed by atoms with van der Waals surface area (Å²) >= 11 is 7.70. The summed E-state index contributed by atoms with van der Waals surface area (Å²) in [5.74, 6) is 1.72. The van der Waals surface area contributed by atoms with Crippen LogP contribution in [0.25, 0.3) is 5.65 Å². The predicted molar refractivity (Wildman–Crippen MR) is 123 cm³/mol. The Kier molecular flexibility index (Phi) is 5.66. The van der Waals surface area contributed by atoms with Crippen LogP contribution in [-0.4, -0.2) is 31.9 Å². The largest absolute Gasteiger partial charge is 0.328 e. The Morgan fingerprint density at radius 2 is 1.84 bits per heavy atom. The van der Waals surface area contributed by atoms with E-state index >= 15 is 0 Å². The number of carbonyl (C=O) groups excluding carboxylic acids is 1. The molecule has 0 N–H and O–H groups in total. The molecule has 1 saturated heterocycles. The van der Waals surface area contributed by atoms with Crippen molar-refractivity contribution >= 4 is 34.9 Å². The van der Waals surface area contributed by atoms with Gasteiger partial charge in [-0.25, -0.2) is 0 Å². The van der Waals surface area contributed by atoms with Crippen molar-refractivity contribution in [2.24, 2.45) is 0 Å². The Hall–Kier alpha value is -2.83. The van der Waals surface area contributed by atoms with Crippen molar-refractivity contribution in [3.8, 4) is 0 Å². The Balaban J connectivity index is 1.29. The minimum atomic E-state index is -0.0509. The first-order chi connectivity index (χ1) is 15.2. The SMILES string of the molecule is O=C(c1ccc(CSc2ccc(Cl)cc2)cc1)N1CCC[C@H]1c1nnc2ccccn12. The van der Waals surface area contributed by atoms with Crippen LogP contribution < -0.4 is 0 Å². The van der Waals surface area contributed by atoms with Crippen LogP contribution >= 0.6 is 23.4 Å². The minimum absolute atomic E-state index is 0.0482. The maximum atomic E-state index is 13.3. The molecule has 1 aliphatic rings. The van der Waals surface area contributed by atoms with Gasteiger partial charge in [0.05, 0.1) is 6.04 Å². The lowest BCUT2D eigenvalue weighted by atomic mass is 10.1. The maximum absolute atomic E-state index is 13.3. The van der Waals surface area contributed by atoms with E-state index < -0.39 is 0 Å². The molecule has 0 bridgehead atoms. The molecular weight excluding hydrogens is 428 g/mol. The average molecular weight is 449 g/mol. The van der Waals surface area contributed by atoms with Gasteiger partial charge in [-0.2, -0.15) is 0 Å². The molecule has 1 fully saturated rings. The number of hydrogen-bond donors (Lipinski definition) is 0. The Labute approximate surface area is 190 Å². The molecule has 1 amide bonds. The Morgan fingerprint density at radius 1 is 1.03 bits per heavy atom. The number of benzene rings is 2. The number of amides is 1. The fourth-order valence-corrected chi connectivity index (χ4v) is 4.95. The summed E-state index contributed by atoms with van der Waals surface area (Å²) in [5.41, 5.74) is 2.69. The van der Waals surface area contributed by atoms with Crippen molar-refractivity contribution in [2.45, 2.75) is 29.5 Å². The molecule has 0 aliphatic carbocycles. The highest BCUT2D eigenvalue weighted by atomic mass is 35.5. The summed E-state index contributed by atoms with van der Waals surface area (Å²) in [4.78, 5) is 16.4. The van der Waals surface area contributed by atoms with Gasteiger partial charge in [-0.05, 0) is 66.9 Å². The number of pyridine rings is 1. The molecule has 1 aliphatic heterocycles. The molecule has 0 radical (unpaired) electrons. The van der Waals surface area contributed by atoms with Gasteiger partial charge in [0, 0.05) is 34.0 Å². The van der Waals surface area contributed by atoms with E-state index in [1.165, 1.54) is 10.5 Å². The van der Waals surface area contributed by atoms with Gasteiger partial charge < -0.3 is 4.90 Å². The highest BCUT2D eigenvalue weighted by molar-refractivity contribution is 7.98. The molecule has 7 heteroatoms. The number of halogens is 1. The number of thioether (sulfide) groups is 1. The number of rotatable bonds is 5. The molecule has 0 unspecified atom stereocenters. The first kappa shape index (κ1) is 20.1. The lowest BCUT2D eigenvalue weighted by Crippen LogP contribution is -2.31. The third kappa shape index (κ3) is 4.18. The standard InChI is InChI=1S/C24H21ClN4OS/c25-19-10-12-20(13-11-19)31-16-17-6-8-18(9-7-17)24(30)28-15-3-4-21(28)23-27-26-22-5-1-2-14-29(22)23/h1-2,5-14,21H,3-4,15-16H2/t21-/m0/s1. The van der Waals surface area contributed by atoms with Crippen LogP contribution in [0.2, 0.25) is 5.02 Å². The highest BCUT2D eigenvalue weighted by Gasteiger charge is 2.33. The number of fused-ring (bicyclic) bond motifs is 1. The fraction of sp³-hybridized carbons (Fsp3) is 0.208. The molecule has 3 heterocycles. The maximum Gasteiger partial charge on any atom is 0.254 e. The quantitative estimate of drug-likeness (QED) is 0.370. The van der Waals surface area contributed by atoms with Gasteiger partial charge in [0.15, 0.2) is 11.5 Å². The van der Waals surface area contributed by atoms with Crippen LogP contribution in [0.15, 0.2) is 77.8 Å². The zero-order chi connectivity index (χ0) is 21.2. The number of aromatic nitrogens is 3. The number of likely N-dealkylation sites (tertiary alicyclic amines) is 1. The van der Waals surface area contributed by atoms with Crippen molar-refractivity contribution in [3.63, 3.8) is 0 Å². The van der Waals surface area contributed by atoms with Crippen LogP contribution in [0.1, 0.15) is 40.6 Å². The van der Waals surface area contributed by atoms with Gasteiger partial charge in [0.25, 0.3) is 5.91 Å². The second-order valence-electron chi connectivity index (χ2n) is 7.58. The smallest absolute Gasteiger partial charge is 0.254 e. The summed E-state index contributed by atoms with van der Waals surface area (Å²) in [7, 11) is 0. The van der Waals surface area contributed by atoms with Gasteiger partial charge in [0.2, 0.25) is 0 Å². The second-order valence-corrected chi connectivity index (χ2v) is 9.07. The van der Waals surface area contributed by atoms with E-state index in [9.17, 15) is 4.79 Å². The van der Waals surface area contributed by atoms with Gasteiger partial charge >= 0.3 is 0 Å². The molecule has 5 nitrogen and oxygen atoms in total. The van der Waals surface area contributed by atoms with Crippen molar-refractivity contribution in [1.82, 2.24) is 19.5 Å². The molecule has 5 rings (SSSR count). The molecule has 2 aromatic carbocycles. The van der Waals surface area contributed by atoms with E-state index in [2.05, 4.69) is 10.2 Å². The Morgan fingerprint density at radius 3 is 2.65 bits per heavy atom. The third-order valence-electron chi connectivity index (χ3n) is 5.57. The van der Waals surface area contributed by atoms with Crippen molar-refractivity contribution in [2.75, 3.05) is 6.54 Å². The predicted octanol–water partition coefficient (Wildman–Crippen LogP) is 5.65. The molecule has 0 spiro atoms. The van der Waals surface area contributed by atoms with E-state index in [1.54, 1.807) is 11.8 Å². The third-order valence-corrected chi connectivity index (χ3v) is 6.91. The lowest BCUT2D eigenvalue weighted by Gasteiger charge is -2.23. The topological polar surface area (TPSA) is 50.5 Å². The van der Waals surface area contributed by atoms with Gasteiger partial charge in [0.1, 0.15) is 0 Å². The van der Waals surface area contributed by atoms with Gasteiger partial charge in [-0.15, -0.1) is 22.0 Å². The van der Waals surface area contributed by atoms with Crippen LogP contribution in [0, 0.1) is 0 Å². The fourth-order valence-electron chi connectivity index (χ4n) is 3.97. The van der Waals surface area contributed by atoms with Crippen molar-refractivity contribution < 1.29 is 4.79 Å². The molecule has 2 aromatic heterocycles. The van der Waals surface area contributed by atoms with Crippen LogP contribution in [0.4, 0.5) is 0 Å². The number of hydrogen-bond acceptors (Lipinski definition) is 4. The summed E-state index contributed by atoms with van der Waals surface area (Å²) in [5, 5.41) is 9.38. The monoisotopic (exact) mass is 448 g/mol. The minimum Gasteiger partial charge on any atom is -0.328 e. The summed E-state index contributed by atoms with van der Waals surface area (Å²) in [6.45, 7) is 0.736. The van der Waals surface area contributed by atoms with Crippen LogP contribution in [-0.2, 0) is 5.75 Å². The summed E-state index contributed by atoms with van der Waals surface area (Å²) in [6, 6.07) is 21.5. The molecule has 4 aromatic rings.